The lowest BCUT2D eigenvalue weighted by atomic mass is 9.86. The number of aliphatic hydroxyl groups excluding tert-OH is 1. The van der Waals surface area contributed by atoms with E-state index in [-0.39, 0.29) is 24.5 Å². The molecule has 4 nitrogen and oxygen atoms in total. The highest BCUT2D eigenvalue weighted by Crippen LogP contribution is 2.47. The van der Waals surface area contributed by atoms with Crippen molar-refractivity contribution in [1.29, 1.82) is 0 Å². The largest absolute Gasteiger partial charge is 0.458 e. The maximum absolute atomic E-state index is 12.2. The minimum atomic E-state index is -0.619. The van der Waals surface area contributed by atoms with Crippen LogP contribution in [-0.2, 0) is 9.53 Å². The van der Waals surface area contributed by atoms with E-state index in [1.54, 1.807) is 11.3 Å². The van der Waals surface area contributed by atoms with Crippen molar-refractivity contribution < 1.29 is 14.6 Å². The highest BCUT2D eigenvalue weighted by molar-refractivity contribution is 7.10. The van der Waals surface area contributed by atoms with E-state index < -0.39 is 11.1 Å². The Labute approximate surface area is 116 Å². The first-order valence-corrected chi connectivity index (χ1v) is 7.49. The van der Waals surface area contributed by atoms with Gasteiger partial charge in [0.25, 0.3) is 0 Å². The van der Waals surface area contributed by atoms with Crippen molar-refractivity contribution in [1.82, 2.24) is 5.32 Å². The fourth-order valence-electron chi connectivity index (χ4n) is 3.43. The van der Waals surface area contributed by atoms with Gasteiger partial charge in [0.2, 0.25) is 0 Å². The SMILES string of the molecule is CC1(C)C[C@@]2(C[C@@H](CO)[C@@H](c3cccs3)N2)C(=O)O1. The molecule has 2 aliphatic heterocycles. The molecular weight excluding hydrogens is 262 g/mol. The van der Waals surface area contributed by atoms with E-state index in [4.69, 9.17) is 4.74 Å². The molecule has 2 saturated heterocycles. The van der Waals surface area contributed by atoms with Crippen LogP contribution in [0, 0.1) is 5.92 Å². The summed E-state index contributed by atoms with van der Waals surface area (Å²) < 4.78 is 5.47. The van der Waals surface area contributed by atoms with E-state index in [2.05, 4.69) is 11.4 Å². The van der Waals surface area contributed by atoms with Crippen LogP contribution in [0.5, 0.6) is 0 Å². The average molecular weight is 281 g/mol. The summed E-state index contributed by atoms with van der Waals surface area (Å²) in [6.07, 6.45) is 1.31. The highest BCUT2D eigenvalue weighted by atomic mass is 32.1. The summed E-state index contributed by atoms with van der Waals surface area (Å²) in [4.78, 5) is 13.4. The molecule has 19 heavy (non-hydrogen) atoms. The van der Waals surface area contributed by atoms with Crippen LogP contribution >= 0.6 is 11.3 Å². The minimum Gasteiger partial charge on any atom is -0.458 e. The Morgan fingerprint density at radius 2 is 2.37 bits per heavy atom. The molecule has 0 aromatic carbocycles. The molecule has 0 aliphatic carbocycles. The average Bonchev–Trinajstić information content (AvgIpc) is 2.97. The van der Waals surface area contributed by atoms with Crippen molar-refractivity contribution in [3.63, 3.8) is 0 Å². The third-order valence-electron chi connectivity index (χ3n) is 4.09. The summed E-state index contributed by atoms with van der Waals surface area (Å²) >= 11 is 1.66. The van der Waals surface area contributed by atoms with Crippen LogP contribution < -0.4 is 5.32 Å². The van der Waals surface area contributed by atoms with E-state index in [1.807, 2.05) is 25.3 Å². The predicted molar refractivity (Wildman–Crippen MR) is 72.9 cm³/mol. The van der Waals surface area contributed by atoms with Crippen molar-refractivity contribution in [3.8, 4) is 0 Å². The zero-order chi connectivity index (χ0) is 13.7. The second-order valence-corrected chi connectivity index (χ2v) is 7.17. The third-order valence-corrected chi connectivity index (χ3v) is 5.04. The second kappa shape index (κ2) is 4.30. The number of thiophene rings is 1. The summed E-state index contributed by atoms with van der Waals surface area (Å²) in [6, 6.07) is 4.10. The van der Waals surface area contributed by atoms with Crippen LogP contribution in [0.3, 0.4) is 0 Å². The molecular formula is C14H19NO3S. The Bertz CT molecular complexity index is 485. The maximum Gasteiger partial charge on any atom is 0.327 e. The fourth-order valence-corrected chi connectivity index (χ4v) is 4.30. The molecule has 0 saturated carbocycles. The molecule has 3 rings (SSSR count). The molecule has 104 valence electrons. The summed E-state index contributed by atoms with van der Waals surface area (Å²) in [5, 5.41) is 15.1. The lowest BCUT2D eigenvalue weighted by Crippen LogP contribution is -2.45. The number of nitrogens with one attached hydrogen (secondary N) is 1. The second-order valence-electron chi connectivity index (χ2n) is 6.19. The van der Waals surface area contributed by atoms with Gasteiger partial charge in [-0.05, 0) is 31.7 Å². The van der Waals surface area contributed by atoms with E-state index >= 15 is 0 Å². The fraction of sp³-hybridized carbons (Fsp3) is 0.643. The Morgan fingerprint density at radius 1 is 1.58 bits per heavy atom. The first kappa shape index (κ1) is 13.1. The molecule has 2 N–H and O–H groups in total. The van der Waals surface area contributed by atoms with Crippen molar-refractivity contribution in [2.75, 3.05) is 6.61 Å². The van der Waals surface area contributed by atoms with Crippen LogP contribution in [0.1, 0.15) is 37.6 Å². The van der Waals surface area contributed by atoms with E-state index in [1.165, 1.54) is 4.88 Å². The number of esters is 1. The van der Waals surface area contributed by atoms with Gasteiger partial charge in [-0.1, -0.05) is 6.07 Å². The number of hydrogen-bond donors (Lipinski definition) is 2. The van der Waals surface area contributed by atoms with Gasteiger partial charge in [0.15, 0.2) is 0 Å². The minimum absolute atomic E-state index is 0.0476. The van der Waals surface area contributed by atoms with Gasteiger partial charge >= 0.3 is 5.97 Å². The molecule has 2 aliphatic rings. The molecule has 3 atom stereocenters. The number of carbonyl (C=O) groups is 1. The zero-order valence-electron chi connectivity index (χ0n) is 11.2. The first-order chi connectivity index (χ1) is 8.96. The summed E-state index contributed by atoms with van der Waals surface area (Å²) in [6.45, 7) is 3.96. The molecule has 1 spiro atoms. The van der Waals surface area contributed by atoms with Crippen LogP contribution in [0.25, 0.3) is 0 Å². The topological polar surface area (TPSA) is 58.6 Å². The monoisotopic (exact) mass is 281 g/mol. The number of ether oxygens (including phenoxy) is 1. The molecule has 5 heteroatoms. The number of hydrogen-bond acceptors (Lipinski definition) is 5. The van der Waals surface area contributed by atoms with E-state index in [0.717, 1.165) is 0 Å². The van der Waals surface area contributed by atoms with Gasteiger partial charge in [-0.15, -0.1) is 11.3 Å². The van der Waals surface area contributed by atoms with Crippen molar-refractivity contribution >= 4 is 17.3 Å². The van der Waals surface area contributed by atoms with Gasteiger partial charge in [-0.2, -0.15) is 0 Å². The molecule has 3 heterocycles. The maximum atomic E-state index is 12.2. The quantitative estimate of drug-likeness (QED) is 0.812. The highest BCUT2D eigenvalue weighted by Gasteiger charge is 2.58. The van der Waals surface area contributed by atoms with E-state index in [0.29, 0.717) is 12.8 Å². The molecule has 2 fully saturated rings. The Kier molecular flexibility index (Phi) is 2.96. The van der Waals surface area contributed by atoms with Gasteiger partial charge in [0.1, 0.15) is 11.1 Å². The third kappa shape index (κ3) is 2.10. The van der Waals surface area contributed by atoms with Crippen LogP contribution in [-0.4, -0.2) is 28.8 Å². The molecule has 0 amide bonds. The van der Waals surface area contributed by atoms with Gasteiger partial charge in [0, 0.05) is 29.9 Å². The lowest BCUT2D eigenvalue weighted by Gasteiger charge is -2.21. The van der Waals surface area contributed by atoms with Gasteiger partial charge in [0.05, 0.1) is 0 Å². The first-order valence-electron chi connectivity index (χ1n) is 6.61. The van der Waals surface area contributed by atoms with Crippen molar-refractivity contribution in [2.45, 2.75) is 43.9 Å². The summed E-state index contributed by atoms with van der Waals surface area (Å²) in [7, 11) is 0. The van der Waals surface area contributed by atoms with Crippen LogP contribution in [0.15, 0.2) is 17.5 Å². The van der Waals surface area contributed by atoms with Crippen LogP contribution in [0.2, 0.25) is 0 Å². The zero-order valence-corrected chi connectivity index (χ0v) is 12.0. The van der Waals surface area contributed by atoms with Gasteiger partial charge in [-0.3, -0.25) is 10.1 Å². The van der Waals surface area contributed by atoms with Crippen LogP contribution in [0.4, 0.5) is 0 Å². The Hall–Kier alpha value is -0.910. The number of cyclic esters (lactones) is 1. The predicted octanol–water partition coefficient (Wildman–Crippen LogP) is 1.86. The summed E-state index contributed by atoms with van der Waals surface area (Å²) in [5.74, 6) is -0.102. The standard InChI is InChI=1S/C14H19NO3S/c1-13(2)8-14(12(17)18-13)6-9(7-16)11(15-14)10-4-3-5-19-10/h3-5,9,11,15-16H,6-8H2,1-2H3/t9-,11-,14-/m0/s1. The van der Waals surface area contributed by atoms with Crippen molar-refractivity contribution in [2.24, 2.45) is 5.92 Å². The molecule has 1 aromatic rings. The molecule has 0 unspecified atom stereocenters. The lowest BCUT2D eigenvalue weighted by molar-refractivity contribution is -0.149. The Balaban J connectivity index is 1.90. The molecule has 0 radical (unpaired) electrons. The summed E-state index contributed by atoms with van der Waals surface area (Å²) in [5.41, 5.74) is -1.04. The van der Waals surface area contributed by atoms with Crippen molar-refractivity contribution in [3.05, 3.63) is 22.4 Å². The normalized spacial score (nSPS) is 36.9. The number of carbonyl (C=O) groups excluding carboxylic acids is 1. The number of rotatable bonds is 2. The molecule has 0 bridgehead atoms. The smallest absolute Gasteiger partial charge is 0.327 e. The van der Waals surface area contributed by atoms with Gasteiger partial charge in [-0.25, -0.2) is 0 Å². The van der Waals surface area contributed by atoms with E-state index in [9.17, 15) is 9.90 Å². The van der Waals surface area contributed by atoms with Gasteiger partial charge < -0.3 is 9.84 Å². The Morgan fingerprint density at radius 3 is 2.89 bits per heavy atom. The molecule has 1 aromatic heterocycles. The number of aliphatic hydroxyl groups is 1.